The molecule has 0 radical (unpaired) electrons. The van der Waals surface area contributed by atoms with E-state index in [1.165, 1.54) is 25.8 Å². The van der Waals surface area contributed by atoms with Gasteiger partial charge in [0, 0.05) is 20.2 Å². The molecule has 0 aromatic heterocycles. The Morgan fingerprint density at radius 1 is 1.33 bits per heavy atom. The molecular weight excluding hydrogens is 226 g/mol. The first-order valence-corrected chi connectivity index (χ1v) is 7.42. The van der Waals surface area contributed by atoms with E-state index in [4.69, 9.17) is 4.74 Å². The summed E-state index contributed by atoms with van der Waals surface area (Å²) in [4.78, 5) is 2.53. The highest BCUT2D eigenvalue weighted by Crippen LogP contribution is 2.39. The van der Waals surface area contributed by atoms with Crippen molar-refractivity contribution in [3.8, 4) is 0 Å². The third-order valence-corrected chi connectivity index (χ3v) is 4.91. The number of hydrogen-bond donors (Lipinski definition) is 1. The van der Waals surface area contributed by atoms with Crippen molar-refractivity contribution < 1.29 is 9.84 Å². The van der Waals surface area contributed by atoms with E-state index in [9.17, 15) is 5.11 Å². The summed E-state index contributed by atoms with van der Waals surface area (Å²) in [6, 6.07) is 0. The first-order chi connectivity index (χ1) is 8.53. The molecule has 0 bridgehead atoms. The summed E-state index contributed by atoms with van der Waals surface area (Å²) >= 11 is 0. The van der Waals surface area contributed by atoms with E-state index >= 15 is 0 Å². The molecule has 1 aliphatic carbocycles. The maximum absolute atomic E-state index is 10.5. The summed E-state index contributed by atoms with van der Waals surface area (Å²) in [6.45, 7) is 8.71. The third-order valence-electron chi connectivity index (χ3n) is 4.91. The molecule has 3 unspecified atom stereocenters. The molecule has 0 aromatic carbocycles. The Labute approximate surface area is 112 Å². The van der Waals surface area contributed by atoms with Crippen LogP contribution in [0.3, 0.4) is 0 Å². The number of aliphatic hydroxyl groups excluding tert-OH is 1. The molecule has 1 saturated heterocycles. The first-order valence-electron chi connectivity index (χ1n) is 7.42. The van der Waals surface area contributed by atoms with E-state index in [-0.39, 0.29) is 11.5 Å². The van der Waals surface area contributed by atoms with Crippen LogP contribution in [0.4, 0.5) is 0 Å². The minimum absolute atomic E-state index is 0.106. The fraction of sp³-hybridized carbons (Fsp3) is 1.00. The molecule has 3 atom stereocenters. The maximum atomic E-state index is 10.5. The minimum atomic E-state index is -0.132. The van der Waals surface area contributed by atoms with Crippen molar-refractivity contribution in [2.75, 3.05) is 33.4 Å². The van der Waals surface area contributed by atoms with Gasteiger partial charge in [0.2, 0.25) is 0 Å². The second kappa shape index (κ2) is 5.89. The standard InChI is InChI=1S/C15H29NO2/c1-15(2)7-4-5-13(14(15)17)10-16-8-6-12(9-16)11-18-3/h12-14,17H,4-11H2,1-3H3. The van der Waals surface area contributed by atoms with Crippen LogP contribution in [0.2, 0.25) is 0 Å². The Morgan fingerprint density at radius 3 is 2.83 bits per heavy atom. The molecule has 2 fully saturated rings. The molecule has 18 heavy (non-hydrogen) atoms. The fourth-order valence-corrected chi connectivity index (χ4v) is 3.74. The monoisotopic (exact) mass is 255 g/mol. The maximum Gasteiger partial charge on any atom is 0.0631 e. The number of ether oxygens (including phenoxy) is 1. The van der Waals surface area contributed by atoms with E-state index in [2.05, 4.69) is 18.7 Å². The van der Waals surface area contributed by atoms with E-state index in [0.717, 1.165) is 26.1 Å². The molecule has 1 saturated carbocycles. The van der Waals surface area contributed by atoms with Crippen LogP contribution >= 0.6 is 0 Å². The zero-order chi connectivity index (χ0) is 13.2. The number of hydrogen-bond acceptors (Lipinski definition) is 3. The summed E-state index contributed by atoms with van der Waals surface area (Å²) in [5.41, 5.74) is 0.106. The van der Waals surface area contributed by atoms with Crippen molar-refractivity contribution in [2.45, 2.75) is 45.6 Å². The Balaban J connectivity index is 1.83. The summed E-state index contributed by atoms with van der Waals surface area (Å²) in [6.07, 6.45) is 4.74. The average Bonchev–Trinajstić information content (AvgIpc) is 2.73. The summed E-state index contributed by atoms with van der Waals surface area (Å²) < 4.78 is 5.24. The molecule has 0 amide bonds. The van der Waals surface area contributed by atoms with Crippen molar-refractivity contribution in [2.24, 2.45) is 17.3 Å². The number of likely N-dealkylation sites (tertiary alicyclic amines) is 1. The van der Waals surface area contributed by atoms with Gasteiger partial charge in [0.15, 0.2) is 0 Å². The van der Waals surface area contributed by atoms with Crippen LogP contribution < -0.4 is 0 Å². The van der Waals surface area contributed by atoms with E-state index < -0.39 is 0 Å². The van der Waals surface area contributed by atoms with Gasteiger partial charge in [0.1, 0.15) is 0 Å². The van der Waals surface area contributed by atoms with Crippen molar-refractivity contribution >= 4 is 0 Å². The molecule has 2 rings (SSSR count). The highest BCUT2D eigenvalue weighted by molar-refractivity contribution is 4.90. The van der Waals surface area contributed by atoms with E-state index in [1.807, 2.05) is 0 Å². The van der Waals surface area contributed by atoms with Crippen molar-refractivity contribution in [3.05, 3.63) is 0 Å². The zero-order valence-corrected chi connectivity index (χ0v) is 12.2. The summed E-state index contributed by atoms with van der Waals surface area (Å²) in [5.74, 6) is 1.17. The minimum Gasteiger partial charge on any atom is -0.392 e. The lowest BCUT2D eigenvalue weighted by Gasteiger charge is -2.42. The topological polar surface area (TPSA) is 32.7 Å². The number of rotatable bonds is 4. The van der Waals surface area contributed by atoms with Crippen molar-refractivity contribution in [1.82, 2.24) is 4.90 Å². The lowest BCUT2D eigenvalue weighted by Crippen LogP contribution is -2.44. The van der Waals surface area contributed by atoms with Crippen LogP contribution in [0.1, 0.15) is 39.5 Å². The normalized spacial score (nSPS) is 37.0. The highest BCUT2D eigenvalue weighted by Gasteiger charge is 2.38. The van der Waals surface area contributed by atoms with Gasteiger partial charge in [-0.15, -0.1) is 0 Å². The van der Waals surface area contributed by atoms with Crippen LogP contribution in [0.5, 0.6) is 0 Å². The quantitative estimate of drug-likeness (QED) is 0.835. The van der Waals surface area contributed by atoms with Crippen LogP contribution in [0.25, 0.3) is 0 Å². The van der Waals surface area contributed by atoms with E-state index in [1.54, 1.807) is 7.11 Å². The Morgan fingerprint density at radius 2 is 2.11 bits per heavy atom. The van der Waals surface area contributed by atoms with Crippen LogP contribution in [-0.4, -0.2) is 49.5 Å². The second-order valence-electron chi connectivity index (χ2n) is 6.96. The SMILES string of the molecule is COCC1CCN(CC2CCCC(C)(C)C2O)C1. The molecule has 2 aliphatic rings. The molecule has 106 valence electrons. The van der Waals surface area contributed by atoms with Gasteiger partial charge in [-0.3, -0.25) is 0 Å². The first kappa shape index (κ1) is 14.3. The van der Waals surface area contributed by atoms with Crippen LogP contribution in [0, 0.1) is 17.3 Å². The van der Waals surface area contributed by atoms with Crippen molar-refractivity contribution in [3.63, 3.8) is 0 Å². The van der Waals surface area contributed by atoms with Gasteiger partial charge < -0.3 is 14.7 Å². The predicted octanol–water partition coefficient (Wildman–Crippen LogP) is 2.14. The highest BCUT2D eigenvalue weighted by atomic mass is 16.5. The Hall–Kier alpha value is -0.120. The summed E-state index contributed by atoms with van der Waals surface area (Å²) in [7, 11) is 1.79. The van der Waals surface area contributed by atoms with Crippen LogP contribution in [0.15, 0.2) is 0 Å². The van der Waals surface area contributed by atoms with Gasteiger partial charge in [0.25, 0.3) is 0 Å². The van der Waals surface area contributed by atoms with Gasteiger partial charge in [-0.25, -0.2) is 0 Å². The molecule has 3 nitrogen and oxygen atoms in total. The molecular formula is C15H29NO2. The lowest BCUT2D eigenvalue weighted by molar-refractivity contribution is -0.0415. The molecule has 1 aliphatic heterocycles. The van der Waals surface area contributed by atoms with Crippen molar-refractivity contribution in [1.29, 1.82) is 0 Å². The number of aliphatic hydroxyl groups is 1. The van der Waals surface area contributed by atoms with Gasteiger partial charge in [-0.1, -0.05) is 20.3 Å². The fourth-order valence-electron chi connectivity index (χ4n) is 3.74. The number of methoxy groups -OCH3 is 1. The number of nitrogens with zero attached hydrogens (tertiary/aromatic N) is 1. The zero-order valence-electron chi connectivity index (χ0n) is 12.2. The molecule has 0 aromatic rings. The van der Waals surface area contributed by atoms with Gasteiger partial charge in [0.05, 0.1) is 12.7 Å². The Kier molecular flexibility index (Phi) is 4.68. The average molecular weight is 255 g/mol. The smallest absolute Gasteiger partial charge is 0.0631 e. The van der Waals surface area contributed by atoms with Gasteiger partial charge >= 0.3 is 0 Å². The largest absolute Gasteiger partial charge is 0.392 e. The molecule has 1 N–H and O–H groups in total. The molecule has 1 heterocycles. The van der Waals surface area contributed by atoms with Crippen LogP contribution in [-0.2, 0) is 4.74 Å². The van der Waals surface area contributed by atoms with E-state index in [0.29, 0.717) is 11.8 Å². The van der Waals surface area contributed by atoms with Gasteiger partial charge in [-0.2, -0.15) is 0 Å². The second-order valence-corrected chi connectivity index (χ2v) is 6.96. The summed E-state index contributed by atoms with van der Waals surface area (Å²) in [5, 5.41) is 10.5. The Bertz CT molecular complexity index is 267. The molecule has 0 spiro atoms. The van der Waals surface area contributed by atoms with Gasteiger partial charge in [-0.05, 0) is 43.1 Å². The molecule has 3 heteroatoms. The lowest BCUT2D eigenvalue weighted by atomic mass is 9.69. The third kappa shape index (κ3) is 3.25. The predicted molar refractivity (Wildman–Crippen MR) is 73.6 cm³/mol.